The minimum absolute atomic E-state index is 0.569. The van der Waals surface area contributed by atoms with E-state index in [-0.39, 0.29) is 0 Å². The number of hydrogen-bond donors (Lipinski definition) is 1. The van der Waals surface area contributed by atoms with Crippen LogP contribution >= 0.6 is 0 Å². The highest BCUT2D eigenvalue weighted by molar-refractivity contribution is 7.83. The number of rotatable bonds is 6. The second-order valence-corrected chi connectivity index (χ2v) is 6.67. The maximum absolute atomic E-state index is 11.3. The first-order valence-corrected chi connectivity index (χ1v) is 9.03. The first-order valence-electron chi connectivity index (χ1n) is 7.30. The van der Waals surface area contributed by atoms with E-state index in [1.807, 2.05) is 54.6 Å². The van der Waals surface area contributed by atoms with Crippen LogP contribution < -0.4 is 5.32 Å². The zero-order chi connectivity index (χ0) is 16.1. The van der Waals surface area contributed by atoms with Crippen LogP contribution in [0.3, 0.4) is 0 Å². The van der Waals surface area contributed by atoms with E-state index in [4.69, 9.17) is 0 Å². The molecule has 0 saturated carbocycles. The van der Waals surface area contributed by atoms with Crippen LogP contribution in [0.1, 0.15) is 11.3 Å². The fourth-order valence-electron chi connectivity index (χ4n) is 2.26. The molecule has 0 amide bonds. The third-order valence-electron chi connectivity index (χ3n) is 3.30. The third kappa shape index (κ3) is 4.26. The minimum atomic E-state index is -0.836. The van der Waals surface area contributed by atoms with Gasteiger partial charge in [-0.05, 0) is 29.8 Å². The molecule has 0 spiro atoms. The Hall–Kier alpha value is -2.47. The lowest BCUT2D eigenvalue weighted by atomic mass is 10.2. The normalized spacial score (nSPS) is 12.0. The van der Waals surface area contributed by atoms with Crippen molar-refractivity contribution in [3.8, 4) is 5.69 Å². The summed E-state index contributed by atoms with van der Waals surface area (Å²) in [6, 6.07) is 17.8. The molecule has 1 N–H and O–H groups in total. The number of hydrogen-bond acceptors (Lipinski definition) is 4. The molecule has 0 aliphatic heterocycles. The van der Waals surface area contributed by atoms with Crippen molar-refractivity contribution >= 4 is 16.5 Å². The summed E-state index contributed by atoms with van der Waals surface area (Å²) in [5, 5.41) is 12.1. The van der Waals surface area contributed by atoms with E-state index in [1.54, 1.807) is 17.2 Å². The topological polar surface area (TPSA) is 59.8 Å². The Morgan fingerprint density at radius 1 is 1.13 bits per heavy atom. The molecule has 0 radical (unpaired) electrons. The van der Waals surface area contributed by atoms with E-state index in [2.05, 4.69) is 15.5 Å². The summed E-state index contributed by atoms with van der Waals surface area (Å²) in [5.74, 6) is 0.569. The lowest BCUT2D eigenvalue weighted by molar-refractivity contribution is 0.686. The lowest BCUT2D eigenvalue weighted by Gasteiger charge is -2.06. The third-order valence-corrected chi connectivity index (χ3v) is 4.04. The van der Waals surface area contributed by atoms with Gasteiger partial charge >= 0.3 is 0 Å². The quantitative estimate of drug-likeness (QED) is 0.757. The standard InChI is InChI=1S/C17H18N4OS/c1-23(22)13-14-6-5-7-15(10-14)18-11-16-12-19-21(20-16)17-8-3-2-4-9-17/h2-10,12,18H,11,13H2,1H3/t23-/m0/s1. The average molecular weight is 326 g/mol. The van der Waals surface area contributed by atoms with E-state index in [1.165, 1.54) is 0 Å². The number of nitrogens with one attached hydrogen (secondary N) is 1. The summed E-state index contributed by atoms with van der Waals surface area (Å²) >= 11 is 0. The molecule has 0 saturated heterocycles. The zero-order valence-corrected chi connectivity index (χ0v) is 13.7. The van der Waals surface area contributed by atoms with Gasteiger partial charge in [0, 0.05) is 28.5 Å². The van der Waals surface area contributed by atoms with Crippen LogP contribution in [0.4, 0.5) is 5.69 Å². The number of anilines is 1. The summed E-state index contributed by atoms with van der Waals surface area (Å²) in [7, 11) is -0.836. The Labute approximate surface area is 137 Å². The van der Waals surface area contributed by atoms with Crippen molar-refractivity contribution < 1.29 is 4.21 Å². The molecule has 0 aliphatic rings. The predicted octanol–water partition coefficient (Wildman–Crippen LogP) is 2.76. The smallest absolute Gasteiger partial charge is 0.102 e. The summed E-state index contributed by atoms with van der Waals surface area (Å²) < 4.78 is 11.3. The average Bonchev–Trinajstić information content (AvgIpc) is 3.02. The molecular formula is C17H18N4OS. The van der Waals surface area contributed by atoms with E-state index in [9.17, 15) is 4.21 Å². The molecule has 0 aliphatic carbocycles. The van der Waals surface area contributed by atoms with E-state index in [0.717, 1.165) is 22.6 Å². The Bertz CT molecular complexity index is 801. The second-order valence-electron chi connectivity index (χ2n) is 5.23. The first-order chi connectivity index (χ1) is 11.2. The minimum Gasteiger partial charge on any atom is -0.379 e. The zero-order valence-electron chi connectivity index (χ0n) is 12.8. The van der Waals surface area contributed by atoms with Gasteiger partial charge in [-0.1, -0.05) is 30.3 Å². The maximum Gasteiger partial charge on any atom is 0.102 e. The molecule has 3 rings (SSSR count). The van der Waals surface area contributed by atoms with Crippen LogP contribution in [0, 0.1) is 0 Å². The van der Waals surface area contributed by atoms with Crippen molar-refractivity contribution in [2.45, 2.75) is 12.3 Å². The Morgan fingerprint density at radius 3 is 2.74 bits per heavy atom. The van der Waals surface area contributed by atoms with Gasteiger partial charge in [-0.2, -0.15) is 15.0 Å². The van der Waals surface area contributed by atoms with Crippen molar-refractivity contribution in [2.24, 2.45) is 0 Å². The Kier molecular flexibility index (Phi) is 4.83. The van der Waals surface area contributed by atoms with Gasteiger partial charge in [-0.25, -0.2) is 0 Å². The van der Waals surface area contributed by atoms with Crippen LogP contribution in [-0.2, 0) is 23.1 Å². The van der Waals surface area contributed by atoms with Crippen LogP contribution in [0.15, 0.2) is 60.8 Å². The number of nitrogens with zero attached hydrogens (tertiary/aromatic N) is 3. The summed E-state index contributed by atoms with van der Waals surface area (Å²) in [4.78, 5) is 1.62. The van der Waals surface area contributed by atoms with Gasteiger partial charge in [0.1, 0.15) is 5.69 Å². The van der Waals surface area contributed by atoms with Gasteiger partial charge in [-0.15, -0.1) is 0 Å². The first kappa shape index (κ1) is 15.4. The molecule has 2 aromatic carbocycles. The van der Waals surface area contributed by atoms with Crippen molar-refractivity contribution in [1.29, 1.82) is 0 Å². The summed E-state index contributed by atoms with van der Waals surface area (Å²) in [6.07, 6.45) is 3.47. The van der Waals surface area contributed by atoms with Crippen LogP contribution in [0.2, 0.25) is 0 Å². The van der Waals surface area contributed by atoms with Crippen molar-refractivity contribution in [3.05, 3.63) is 72.1 Å². The fourth-order valence-corrected chi connectivity index (χ4v) is 2.91. The number of aromatic nitrogens is 3. The highest BCUT2D eigenvalue weighted by Crippen LogP contribution is 2.13. The number of para-hydroxylation sites is 1. The largest absolute Gasteiger partial charge is 0.379 e. The highest BCUT2D eigenvalue weighted by atomic mass is 32.2. The maximum atomic E-state index is 11.3. The highest BCUT2D eigenvalue weighted by Gasteiger charge is 2.03. The molecule has 23 heavy (non-hydrogen) atoms. The predicted molar refractivity (Wildman–Crippen MR) is 92.9 cm³/mol. The van der Waals surface area contributed by atoms with Crippen molar-refractivity contribution in [1.82, 2.24) is 15.0 Å². The van der Waals surface area contributed by atoms with Crippen LogP contribution in [0.25, 0.3) is 5.69 Å². The van der Waals surface area contributed by atoms with Gasteiger partial charge in [-0.3, -0.25) is 4.21 Å². The van der Waals surface area contributed by atoms with Crippen molar-refractivity contribution in [2.75, 3.05) is 11.6 Å². The van der Waals surface area contributed by atoms with Gasteiger partial charge in [0.25, 0.3) is 0 Å². The van der Waals surface area contributed by atoms with E-state index in [0.29, 0.717) is 12.3 Å². The molecule has 3 aromatic rings. The SMILES string of the molecule is C[S@](=O)Cc1cccc(NCc2cnn(-c3ccccc3)n2)c1. The molecular weight excluding hydrogens is 308 g/mol. The second kappa shape index (κ2) is 7.19. The number of benzene rings is 2. The van der Waals surface area contributed by atoms with Gasteiger partial charge in [0.15, 0.2) is 0 Å². The van der Waals surface area contributed by atoms with Gasteiger partial charge < -0.3 is 5.32 Å². The van der Waals surface area contributed by atoms with Gasteiger partial charge in [0.2, 0.25) is 0 Å². The monoisotopic (exact) mass is 326 g/mol. The summed E-state index contributed by atoms with van der Waals surface area (Å²) in [6.45, 7) is 0.589. The molecule has 0 bridgehead atoms. The molecule has 0 fully saturated rings. The Morgan fingerprint density at radius 2 is 1.96 bits per heavy atom. The van der Waals surface area contributed by atoms with Crippen LogP contribution in [0.5, 0.6) is 0 Å². The fraction of sp³-hybridized carbons (Fsp3) is 0.176. The van der Waals surface area contributed by atoms with E-state index >= 15 is 0 Å². The van der Waals surface area contributed by atoms with Crippen molar-refractivity contribution in [3.63, 3.8) is 0 Å². The molecule has 0 unspecified atom stereocenters. The molecule has 6 heteroatoms. The lowest BCUT2D eigenvalue weighted by Crippen LogP contribution is -2.03. The molecule has 1 atom stereocenters. The van der Waals surface area contributed by atoms with E-state index < -0.39 is 10.8 Å². The Balaban J connectivity index is 1.65. The molecule has 1 aromatic heterocycles. The molecule has 118 valence electrons. The molecule has 1 heterocycles. The van der Waals surface area contributed by atoms with Crippen LogP contribution in [-0.4, -0.2) is 25.5 Å². The van der Waals surface area contributed by atoms with Gasteiger partial charge in [0.05, 0.1) is 18.4 Å². The summed E-state index contributed by atoms with van der Waals surface area (Å²) in [5.41, 5.74) is 3.84. The molecule has 5 nitrogen and oxygen atoms in total.